The van der Waals surface area contributed by atoms with Gasteiger partial charge < -0.3 is 9.80 Å². The summed E-state index contributed by atoms with van der Waals surface area (Å²) in [6.45, 7) is 2.23. The first kappa shape index (κ1) is 14.2. The second-order valence-electron chi connectivity index (χ2n) is 5.12. The molecule has 1 fully saturated rings. The van der Waals surface area contributed by atoms with E-state index in [1.54, 1.807) is 0 Å². The van der Waals surface area contributed by atoms with Crippen molar-refractivity contribution in [1.29, 1.82) is 0 Å². The normalized spacial score (nSPS) is 20.5. The number of rotatable bonds is 3. The van der Waals surface area contributed by atoms with Gasteiger partial charge in [0.05, 0.1) is 0 Å². The zero-order chi connectivity index (χ0) is 13.1. The van der Waals surface area contributed by atoms with Crippen LogP contribution in [0.4, 0.5) is 5.69 Å². The molecule has 0 radical (unpaired) electrons. The molecule has 1 aliphatic heterocycles. The first-order valence-electron chi connectivity index (χ1n) is 6.37. The molecule has 0 aliphatic carbocycles. The average molecular weight is 332 g/mol. The fraction of sp³-hybridized carbons (Fsp3) is 0.571. The van der Waals surface area contributed by atoms with Gasteiger partial charge in [0.2, 0.25) is 0 Å². The summed E-state index contributed by atoms with van der Waals surface area (Å²) in [6.07, 6.45) is 2.54. The number of piperidine rings is 1. The Hall–Kier alpha value is -0.250. The van der Waals surface area contributed by atoms with Crippen LogP contribution >= 0.6 is 27.5 Å². The first-order valence-corrected chi connectivity index (χ1v) is 7.87. The third-order valence-electron chi connectivity index (χ3n) is 3.67. The van der Waals surface area contributed by atoms with E-state index in [0.29, 0.717) is 6.04 Å². The Morgan fingerprint density at radius 1 is 1.44 bits per heavy atom. The zero-order valence-corrected chi connectivity index (χ0v) is 13.3. The molecule has 0 N–H and O–H groups in total. The summed E-state index contributed by atoms with van der Waals surface area (Å²) in [7, 11) is 4.32. The molecule has 1 heterocycles. The van der Waals surface area contributed by atoms with Gasteiger partial charge in [-0.05, 0) is 44.6 Å². The van der Waals surface area contributed by atoms with Crippen LogP contribution in [0, 0.1) is 0 Å². The third kappa shape index (κ3) is 3.19. The molecule has 0 bridgehead atoms. The van der Waals surface area contributed by atoms with Gasteiger partial charge in [-0.25, -0.2) is 0 Å². The number of anilines is 1. The van der Waals surface area contributed by atoms with Gasteiger partial charge in [0, 0.05) is 35.2 Å². The molecule has 1 atom stereocenters. The number of halogens is 2. The summed E-state index contributed by atoms with van der Waals surface area (Å²) in [5, 5.41) is 1.67. The summed E-state index contributed by atoms with van der Waals surface area (Å²) in [6, 6.07) is 7.04. The Balaban J connectivity index is 2.13. The van der Waals surface area contributed by atoms with Crippen LogP contribution < -0.4 is 4.90 Å². The molecule has 1 aliphatic rings. The molecule has 1 saturated heterocycles. The smallest absolute Gasteiger partial charge is 0.0467 e. The van der Waals surface area contributed by atoms with Gasteiger partial charge in [0.1, 0.15) is 0 Å². The van der Waals surface area contributed by atoms with Crippen LogP contribution in [0.1, 0.15) is 18.4 Å². The SMILES string of the molecule is CN(C)C1CCCN(c2ccc(CBr)c(Cl)c2)C1. The lowest BCUT2D eigenvalue weighted by Gasteiger charge is -2.37. The van der Waals surface area contributed by atoms with Crippen molar-refractivity contribution in [2.45, 2.75) is 24.2 Å². The van der Waals surface area contributed by atoms with Crippen LogP contribution in [0.5, 0.6) is 0 Å². The van der Waals surface area contributed by atoms with Crippen molar-refractivity contribution in [2.24, 2.45) is 0 Å². The van der Waals surface area contributed by atoms with Crippen molar-refractivity contribution in [3.63, 3.8) is 0 Å². The van der Waals surface area contributed by atoms with Gasteiger partial charge in [0.25, 0.3) is 0 Å². The summed E-state index contributed by atoms with van der Waals surface area (Å²) in [5.41, 5.74) is 2.40. The van der Waals surface area contributed by atoms with Crippen LogP contribution in [0.25, 0.3) is 0 Å². The second-order valence-corrected chi connectivity index (χ2v) is 6.08. The fourth-order valence-corrected chi connectivity index (χ4v) is 3.34. The van der Waals surface area contributed by atoms with Crippen LogP contribution in [0.3, 0.4) is 0 Å². The minimum atomic E-state index is 0.647. The van der Waals surface area contributed by atoms with Crippen molar-refractivity contribution in [2.75, 3.05) is 32.1 Å². The van der Waals surface area contributed by atoms with Crippen LogP contribution in [-0.4, -0.2) is 38.1 Å². The van der Waals surface area contributed by atoms with Crippen molar-refractivity contribution in [3.05, 3.63) is 28.8 Å². The molecule has 100 valence electrons. The van der Waals surface area contributed by atoms with Gasteiger partial charge in [-0.1, -0.05) is 33.6 Å². The Morgan fingerprint density at radius 3 is 2.83 bits per heavy atom. The van der Waals surface area contributed by atoms with Crippen LogP contribution in [0.2, 0.25) is 5.02 Å². The third-order valence-corrected chi connectivity index (χ3v) is 4.63. The van der Waals surface area contributed by atoms with E-state index in [0.717, 1.165) is 29.0 Å². The van der Waals surface area contributed by atoms with Gasteiger partial charge >= 0.3 is 0 Å². The summed E-state index contributed by atoms with van der Waals surface area (Å²) < 4.78 is 0. The second kappa shape index (κ2) is 6.27. The minimum Gasteiger partial charge on any atom is -0.370 e. The van der Waals surface area contributed by atoms with Gasteiger partial charge in [-0.3, -0.25) is 0 Å². The predicted octanol–water partition coefficient (Wildman–Crippen LogP) is 3.77. The molecule has 4 heteroatoms. The van der Waals surface area contributed by atoms with E-state index < -0.39 is 0 Å². The number of nitrogens with zero attached hydrogens (tertiary/aromatic N) is 2. The van der Waals surface area contributed by atoms with E-state index in [1.807, 2.05) is 0 Å². The van der Waals surface area contributed by atoms with E-state index >= 15 is 0 Å². The molecule has 0 amide bonds. The molecule has 1 aromatic rings. The van der Waals surface area contributed by atoms with Crippen LogP contribution in [-0.2, 0) is 5.33 Å². The highest BCUT2D eigenvalue weighted by atomic mass is 79.9. The monoisotopic (exact) mass is 330 g/mol. The van der Waals surface area contributed by atoms with Crippen molar-refractivity contribution in [3.8, 4) is 0 Å². The van der Waals surface area contributed by atoms with Gasteiger partial charge in [0.15, 0.2) is 0 Å². The van der Waals surface area contributed by atoms with E-state index in [2.05, 4.69) is 58.0 Å². The maximum atomic E-state index is 6.28. The van der Waals surface area contributed by atoms with E-state index in [9.17, 15) is 0 Å². The molecule has 0 aromatic heterocycles. The van der Waals surface area contributed by atoms with Crippen molar-refractivity contribution < 1.29 is 0 Å². The number of likely N-dealkylation sites (N-methyl/N-ethyl adjacent to an activating group) is 1. The molecule has 18 heavy (non-hydrogen) atoms. The Kier molecular flexibility index (Phi) is 4.93. The van der Waals surface area contributed by atoms with Gasteiger partial charge in [-0.2, -0.15) is 0 Å². The number of alkyl halides is 1. The maximum absolute atomic E-state index is 6.28. The largest absolute Gasteiger partial charge is 0.370 e. The highest BCUT2D eigenvalue weighted by molar-refractivity contribution is 9.08. The first-order chi connectivity index (χ1) is 8.61. The standard InChI is InChI=1S/C14H20BrClN2/c1-17(2)13-4-3-7-18(10-13)12-6-5-11(9-15)14(16)8-12/h5-6,8,13H,3-4,7,9-10H2,1-2H3. The highest BCUT2D eigenvalue weighted by Gasteiger charge is 2.21. The maximum Gasteiger partial charge on any atom is 0.0467 e. The lowest BCUT2D eigenvalue weighted by Crippen LogP contribution is -2.45. The lowest BCUT2D eigenvalue weighted by atomic mass is 10.0. The number of hydrogen-bond acceptors (Lipinski definition) is 2. The summed E-state index contributed by atoms with van der Waals surface area (Å²) >= 11 is 9.73. The van der Waals surface area contributed by atoms with Crippen molar-refractivity contribution >= 4 is 33.2 Å². The Morgan fingerprint density at radius 2 is 2.22 bits per heavy atom. The minimum absolute atomic E-state index is 0.647. The molecule has 2 nitrogen and oxygen atoms in total. The summed E-state index contributed by atoms with van der Waals surface area (Å²) in [4.78, 5) is 4.76. The van der Waals surface area contributed by atoms with E-state index in [-0.39, 0.29) is 0 Å². The Bertz CT molecular complexity index is 409. The zero-order valence-electron chi connectivity index (χ0n) is 11.0. The molecule has 0 saturated carbocycles. The number of hydrogen-bond donors (Lipinski definition) is 0. The summed E-state index contributed by atoms with van der Waals surface area (Å²) in [5.74, 6) is 0. The van der Waals surface area contributed by atoms with Gasteiger partial charge in [-0.15, -0.1) is 0 Å². The molecule has 1 aromatic carbocycles. The average Bonchev–Trinajstić information content (AvgIpc) is 2.38. The fourth-order valence-electron chi connectivity index (χ4n) is 2.45. The van der Waals surface area contributed by atoms with E-state index in [1.165, 1.54) is 18.5 Å². The molecular formula is C14H20BrClN2. The quantitative estimate of drug-likeness (QED) is 0.778. The van der Waals surface area contributed by atoms with Crippen molar-refractivity contribution in [1.82, 2.24) is 4.90 Å². The molecular weight excluding hydrogens is 312 g/mol. The topological polar surface area (TPSA) is 6.48 Å². The Labute approximate surface area is 123 Å². The van der Waals surface area contributed by atoms with Crippen LogP contribution in [0.15, 0.2) is 18.2 Å². The molecule has 0 spiro atoms. The predicted molar refractivity (Wildman–Crippen MR) is 83.0 cm³/mol. The molecule has 1 unspecified atom stereocenters. The highest BCUT2D eigenvalue weighted by Crippen LogP contribution is 2.27. The molecule has 2 rings (SSSR count). The van der Waals surface area contributed by atoms with E-state index in [4.69, 9.17) is 11.6 Å². The lowest BCUT2D eigenvalue weighted by molar-refractivity contribution is 0.258. The number of benzene rings is 1.